The van der Waals surface area contributed by atoms with E-state index in [0.29, 0.717) is 0 Å². The fourth-order valence-corrected chi connectivity index (χ4v) is 8.11. The third kappa shape index (κ3) is 3.71. The summed E-state index contributed by atoms with van der Waals surface area (Å²) in [5.74, 6) is 1.79. The van der Waals surface area contributed by atoms with Gasteiger partial charge in [0.05, 0.1) is 22.1 Å². The second kappa shape index (κ2) is 9.93. The predicted molar refractivity (Wildman–Crippen MR) is 201 cm³/mol. The van der Waals surface area contributed by atoms with Crippen LogP contribution in [0.2, 0.25) is 0 Å². The van der Waals surface area contributed by atoms with Gasteiger partial charge < -0.3 is 13.9 Å². The lowest BCUT2D eigenvalue weighted by atomic mass is 9.92. The quantitative estimate of drug-likeness (QED) is 0.196. The zero-order valence-corrected chi connectivity index (χ0v) is 26.3. The number of nitrogens with zero attached hydrogens (tertiary/aromatic N) is 3. The van der Waals surface area contributed by atoms with E-state index in [2.05, 4.69) is 160 Å². The first-order valence-corrected chi connectivity index (χ1v) is 16.6. The molecule has 11 rings (SSSR count). The highest BCUT2D eigenvalue weighted by atomic mass is 16.5. The van der Waals surface area contributed by atoms with Crippen LogP contribution in [0, 0.1) is 0 Å². The fourth-order valence-electron chi connectivity index (χ4n) is 8.11. The first-order chi connectivity index (χ1) is 24.3. The minimum Gasteiger partial charge on any atom is -0.456 e. The molecule has 0 aliphatic carbocycles. The fraction of sp³-hybridized carbons (Fsp3) is 0. The van der Waals surface area contributed by atoms with Crippen molar-refractivity contribution in [2.75, 3.05) is 0 Å². The van der Waals surface area contributed by atoms with Crippen LogP contribution in [-0.2, 0) is 0 Å². The lowest BCUT2D eigenvalue weighted by molar-refractivity contribution is 0.487. The second-order valence-corrected chi connectivity index (χ2v) is 12.8. The number of benzene rings is 7. The Morgan fingerprint density at radius 2 is 1.02 bits per heavy atom. The summed E-state index contributed by atoms with van der Waals surface area (Å²) in [6.45, 7) is 0. The first-order valence-electron chi connectivity index (χ1n) is 16.6. The van der Waals surface area contributed by atoms with Crippen molar-refractivity contribution in [1.82, 2.24) is 14.1 Å². The summed E-state index contributed by atoms with van der Waals surface area (Å²) in [5.41, 5.74) is 11.6. The zero-order valence-electron chi connectivity index (χ0n) is 26.3. The molecule has 0 saturated heterocycles. The summed E-state index contributed by atoms with van der Waals surface area (Å²) in [5, 5.41) is 7.29. The molecule has 0 radical (unpaired) electrons. The Bertz CT molecular complexity index is 2950. The summed E-state index contributed by atoms with van der Waals surface area (Å²) < 4.78 is 11.3. The summed E-state index contributed by atoms with van der Waals surface area (Å²) in [6, 6.07) is 54.5. The van der Waals surface area contributed by atoms with Crippen molar-refractivity contribution in [3.63, 3.8) is 0 Å². The molecule has 0 amide bonds. The third-order valence-electron chi connectivity index (χ3n) is 10.2. The number of ether oxygens (including phenoxy) is 1. The molecule has 0 saturated carbocycles. The number of hydrogen-bond acceptors (Lipinski definition) is 2. The Hall–Kier alpha value is -6.65. The van der Waals surface area contributed by atoms with Crippen molar-refractivity contribution in [2.45, 2.75) is 0 Å². The van der Waals surface area contributed by atoms with Gasteiger partial charge in [0.15, 0.2) is 0 Å². The van der Waals surface area contributed by atoms with Crippen LogP contribution < -0.4 is 4.74 Å². The molecular weight excluding hydrogens is 599 g/mol. The van der Waals surface area contributed by atoms with Gasteiger partial charge in [0.2, 0.25) is 0 Å². The van der Waals surface area contributed by atoms with Gasteiger partial charge in [-0.05, 0) is 82.7 Å². The van der Waals surface area contributed by atoms with Crippen molar-refractivity contribution in [3.8, 4) is 45.1 Å². The maximum Gasteiger partial charge on any atom is 0.138 e. The molecule has 1 aliphatic rings. The Kier molecular flexibility index (Phi) is 5.35. The molecule has 0 N–H and O–H groups in total. The van der Waals surface area contributed by atoms with E-state index in [1.165, 1.54) is 60.2 Å². The Morgan fingerprint density at radius 1 is 0.388 bits per heavy atom. The van der Waals surface area contributed by atoms with Crippen LogP contribution >= 0.6 is 0 Å². The largest absolute Gasteiger partial charge is 0.456 e. The lowest BCUT2D eigenvalue weighted by Crippen LogP contribution is -1.98. The molecule has 0 spiro atoms. The smallest absolute Gasteiger partial charge is 0.138 e. The highest BCUT2D eigenvalue weighted by Crippen LogP contribution is 2.50. The number of rotatable bonds is 3. The van der Waals surface area contributed by atoms with E-state index in [0.717, 1.165) is 39.3 Å². The highest BCUT2D eigenvalue weighted by molar-refractivity contribution is 6.26. The van der Waals surface area contributed by atoms with Crippen molar-refractivity contribution in [3.05, 3.63) is 164 Å². The number of fused-ring (bicyclic) bond motifs is 9. The molecule has 1 aliphatic heterocycles. The van der Waals surface area contributed by atoms with Crippen LogP contribution in [-0.4, -0.2) is 14.1 Å². The van der Waals surface area contributed by atoms with Gasteiger partial charge in [0.1, 0.15) is 11.5 Å². The molecule has 0 atom stereocenters. The summed E-state index contributed by atoms with van der Waals surface area (Å²) in [6.07, 6.45) is 3.71. The van der Waals surface area contributed by atoms with Gasteiger partial charge in [0.25, 0.3) is 0 Å². The summed E-state index contributed by atoms with van der Waals surface area (Å²) >= 11 is 0. The topological polar surface area (TPSA) is 32.0 Å². The molecule has 49 heavy (non-hydrogen) atoms. The van der Waals surface area contributed by atoms with Crippen molar-refractivity contribution < 1.29 is 4.74 Å². The molecule has 4 heteroatoms. The molecule has 10 aromatic rings. The van der Waals surface area contributed by atoms with E-state index in [-0.39, 0.29) is 0 Å². The van der Waals surface area contributed by atoms with Crippen LogP contribution in [0.1, 0.15) is 0 Å². The van der Waals surface area contributed by atoms with Crippen LogP contribution in [0.15, 0.2) is 164 Å². The molecule has 228 valence electrons. The molecule has 0 bridgehead atoms. The van der Waals surface area contributed by atoms with Crippen LogP contribution in [0.3, 0.4) is 0 Å². The van der Waals surface area contributed by atoms with E-state index in [9.17, 15) is 0 Å². The van der Waals surface area contributed by atoms with E-state index >= 15 is 0 Å². The lowest BCUT2D eigenvalue weighted by Gasteiger charge is -2.22. The summed E-state index contributed by atoms with van der Waals surface area (Å²) in [7, 11) is 0. The maximum atomic E-state index is 6.63. The minimum atomic E-state index is 0.896. The Morgan fingerprint density at radius 3 is 1.88 bits per heavy atom. The van der Waals surface area contributed by atoms with Crippen LogP contribution in [0.4, 0.5) is 0 Å². The van der Waals surface area contributed by atoms with Gasteiger partial charge >= 0.3 is 0 Å². The monoisotopic (exact) mass is 625 g/mol. The average Bonchev–Trinajstić information content (AvgIpc) is 3.67. The number of aromatic nitrogens is 3. The van der Waals surface area contributed by atoms with E-state index < -0.39 is 0 Å². The zero-order chi connectivity index (χ0) is 32.1. The van der Waals surface area contributed by atoms with Crippen LogP contribution in [0.25, 0.3) is 88.0 Å². The van der Waals surface area contributed by atoms with Gasteiger partial charge in [-0.15, -0.1) is 0 Å². The summed E-state index contributed by atoms with van der Waals surface area (Å²) in [4.78, 5) is 4.26. The van der Waals surface area contributed by atoms with Crippen molar-refractivity contribution in [2.24, 2.45) is 0 Å². The minimum absolute atomic E-state index is 0.896. The highest BCUT2D eigenvalue weighted by Gasteiger charge is 2.25. The van der Waals surface area contributed by atoms with Crippen LogP contribution in [0.5, 0.6) is 11.5 Å². The van der Waals surface area contributed by atoms with Gasteiger partial charge in [-0.25, -0.2) is 0 Å². The molecule has 7 aromatic carbocycles. The van der Waals surface area contributed by atoms with Gasteiger partial charge in [-0.2, -0.15) is 0 Å². The standard InChI is InChI=1S/C45H27N3O/c1-2-9-30(10-3-1)48-40-20-18-29(28-17-19-39-36(25-28)32-11-4-6-15-38(32)47(39)31-21-23-46-24-22-31)26-37(40)44-35-14-8-13-34-33-12-5-7-16-42(33)49-43(45(34)35)27-41(44)48/h1-27H. The van der Waals surface area contributed by atoms with E-state index in [1.54, 1.807) is 0 Å². The molecule has 4 heterocycles. The Labute approximate surface area is 281 Å². The normalized spacial score (nSPS) is 12.2. The third-order valence-corrected chi connectivity index (χ3v) is 10.2. The van der Waals surface area contributed by atoms with Gasteiger partial charge in [-0.3, -0.25) is 4.98 Å². The van der Waals surface area contributed by atoms with Gasteiger partial charge in [0, 0.05) is 62.3 Å². The first kappa shape index (κ1) is 26.4. The SMILES string of the molecule is c1ccc(-n2c3ccc(-c4ccc5c(c4)c4ccccc4n5-c4ccncc4)cc3c3c4cccc5c4c(cc32)Oc2ccccc2-5)cc1. The molecule has 4 nitrogen and oxygen atoms in total. The molecule has 0 fully saturated rings. The number of hydrogen-bond donors (Lipinski definition) is 0. The Balaban J connectivity index is 1.20. The number of pyridine rings is 1. The average molecular weight is 626 g/mol. The van der Waals surface area contributed by atoms with Gasteiger partial charge in [-0.1, -0.05) is 84.9 Å². The van der Waals surface area contributed by atoms with Crippen molar-refractivity contribution in [1.29, 1.82) is 0 Å². The molecule has 0 unspecified atom stereocenters. The molecule has 3 aromatic heterocycles. The van der Waals surface area contributed by atoms with E-state index in [4.69, 9.17) is 4.74 Å². The maximum absolute atomic E-state index is 6.63. The number of para-hydroxylation sites is 3. The molecular formula is C45H27N3O. The van der Waals surface area contributed by atoms with Crippen molar-refractivity contribution >= 4 is 54.4 Å². The second-order valence-electron chi connectivity index (χ2n) is 12.8. The van der Waals surface area contributed by atoms with E-state index in [1.807, 2.05) is 18.5 Å². The predicted octanol–water partition coefficient (Wildman–Crippen LogP) is 11.9.